The van der Waals surface area contributed by atoms with Crippen molar-refractivity contribution in [2.75, 3.05) is 18.0 Å². The van der Waals surface area contributed by atoms with Gasteiger partial charge in [0.2, 0.25) is 0 Å². The van der Waals surface area contributed by atoms with Crippen molar-refractivity contribution in [2.24, 2.45) is 5.73 Å². The van der Waals surface area contributed by atoms with Gasteiger partial charge in [-0.1, -0.05) is 11.6 Å². The Labute approximate surface area is 92.2 Å². The molecule has 3 N–H and O–H groups in total. The maximum absolute atomic E-state index is 11.3. The summed E-state index contributed by atoms with van der Waals surface area (Å²) in [6.07, 6.45) is 3.70. The summed E-state index contributed by atoms with van der Waals surface area (Å²) < 4.78 is 0. The highest BCUT2D eigenvalue weighted by Crippen LogP contribution is 2.28. The highest BCUT2D eigenvalue weighted by atomic mass is 35.5. The number of aromatic amines is 1. The van der Waals surface area contributed by atoms with E-state index in [4.69, 9.17) is 17.3 Å². The SMILES string of the molecule is NCC1CCCN1c1cn[nH]c(=O)c1Cl. The number of nitrogens with two attached hydrogens (primary N) is 1. The normalized spacial score (nSPS) is 20.9. The molecule has 1 aromatic rings. The van der Waals surface area contributed by atoms with Crippen LogP contribution in [-0.4, -0.2) is 29.3 Å². The lowest BCUT2D eigenvalue weighted by Gasteiger charge is -2.25. The zero-order valence-corrected chi connectivity index (χ0v) is 9.00. The predicted molar refractivity (Wildman–Crippen MR) is 59.3 cm³/mol. The summed E-state index contributed by atoms with van der Waals surface area (Å²) in [5.74, 6) is 0. The quantitative estimate of drug-likeness (QED) is 0.766. The second kappa shape index (κ2) is 4.20. The number of nitrogens with one attached hydrogen (secondary N) is 1. The molecule has 82 valence electrons. The molecule has 1 aromatic heterocycles. The first-order chi connectivity index (χ1) is 7.24. The molecule has 1 unspecified atom stereocenters. The van der Waals surface area contributed by atoms with Crippen LogP contribution in [0.2, 0.25) is 5.02 Å². The number of halogens is 1. The number of hydrogen-bond acceptors (Lipinski definition) is 4. The Kier molecular flexibility index (Phi) is 2.93. The largest absolute Gasteiger partial charge is 0.365 e. The van der Waals surface area contributed by atoms with E-state index in [0.717, 1.165) is 19.4 Å². The van der Waals surface area contributed by atoms with E-state index in [1.807, 2.05) is 0 Å². The first kappa shape index (κ1) is 10.4. The molecular formula is C9H13ClN4O. The third kappa shape index (κ3) is 1.85. The second-order valence-electron chi connectivity index (χ2n) is 3.62. The molecule has 0 aliphatic carbocycles. The first-order valence-electron chi connectivity index (χ1n) is 4.94. The summed E-state index contributed by atoms with van der Waals surface area (Å²) in [5.41, 5.74) is 6.00. The van der Waals surface area contributed by atoms with Gasteiger partial charge in [-0.15, -0.1) is 0 Å². The van der Waals surface area contributed by atoms with E-state index >= 15 is 0 Å². The zero-order chi connectivity index (χ0) is 10.8. The molecule has 2 rings (SSSR count). The van der Waals surface area contributed by atoms with Gasteiger partial charge in [-0.25, -0.2) is 5.10 Å². The van der Waals surface area contributed by atoms with Crippen LogP contribution in [0.25, 0.3) is 0 Å². The number of rotatable bonds is 2. The Morgan fingerprint density at radius 2 is 2.53 bits per heavy atom. The minimum atomic E-state index is -0.350. The summed E-state index contributed by atoms with van der Waals surface area (Å²) in [6, 6.07) is 0.270. The van der Waals surface area contributed by atoms with Gasteiger partial charge >= 0.3 is 0 Å². The Bertz CT molecular complexity index is 405. The maximum atomic E-state index is 11.3. The molecule has 6 heteroatoms. The van der Waals surface area contributed by atoms with Gasteiger partial charge in [0.1, 0.15) is 5.02 Å². The van der Waals surface area contributed by atoms with Crippen molar-refractivity contribution in [3.8, 4) is 0 Å². The topological polar surface area (TPSA) is 75.0 Å². The Balaban J connectivity index is 2.36. The van der Waals surface area contributed by atoms with Crippen molar-refractivity contribution in [1.82, 2.24) is 10.2 Å². The molecule has 0 amide bonds. The molecule has 1 saturated heterocycles. The molecule has 0 radical (unpaired) electrons. The monoisotopic (exact) mass is 228 g/mol. The smallest absolute Gasteiger partial charge is 0.285 e. The van der Waals surface area contributed by atoms with E-state index < -0.39 is 0 Å². The lowest BCUT2D eigenvalue weighted by molar-refractivity contribution is 0.675. The number of H-pyrrole nitrogens is 1. The fourth-order valence-electron chi connectivity index (χ4n) is 1.97. The summed E-state index contributed by atoms with van der Waals surface area (Å²) in [4.78, 5) is 13.3. The fourth-order valence-corrected chi connectivity index (χ4v) is 2.17. The van der Waals surface area contributed by atoms with Gasteiger partial charge in [0, 0.05) is 19.1 Å². The van der Waals surface area contributed by atoms with Crippen molar-refractivity contribution in [3.05, 3.63) is 21.6 Å². The summed E-state index contributed by atoms with van der Waals surface area (Å²) >= 11 is 5.93. The third-order valence-electron chi connectivity index (χ3n) is 2.74. The van der Waals surface area contributed by atoms with Crippen molar-refractivity contribution in [2.45, 2.75) is 18.9 Å². The van der Waals surface area contributed by atoms with Crippen molar-refractivity contribution >= 4 is 17.3 Å². The highest BCUT2D eigenvalue weighted by Gasteiger charge is 2.25. The Morgan fingerprint density at radius 3 is 3.27 bits per heavy atom. The van der Waals surface area contributed by atoms with E-state index in [1.54, 1.807) is 6.20 Å². The summed E-state index contributed by atoms with van der Waals surface area (Å²) in [7, 11) is 0. The van der Waals surface area contributed by atoms with Gasteiger partial charge in [-0.05, 0) is 12.8 Å². The summed E-state index contributed by atoms with van der Waals surface area (Å²) in [6.45, 7) is 1.45. The summed E-state index contributed by atoms with van der Waals surface area (Å²) in [5, 5.41) is 6.25. The van der Waals surface area contributed by atoms with Crippen LogP contribution in [0.1, 0.15) is 12.8 Å². The number of anilines is 1. The van der Waals surface area contributed by atoms with Gasteiger partial charge in [0.05, 0.1) is 11.9 Å². The van der Waals surface area contributed by atoms with Crippen molar-refractivity contribution < 1.29 is 0 Å². The van der Waals surface area contributed by atoms with E-state index in [2.05, 4.69) is 15.1 Å². The zero-order valence-electron chi connectivity index (χ0n) is 8.24. The third-order valence-corrected chi connectivity index (χ3v) is 3.10. The predicted octanol–water partition coefficient (Wildman–Crippen LogP) is 0.351. The molecule has 1 aliphatic heterocycles. The average Bonchev–Trinajstić information content (AvgIpc) is 2.70. The van der Waals surface area contributed by atoms with E-state index in [9.17, 15) is 4.79 Å². The highest BCUT2D eigenvalue weighted by molar-refractivity contribution is 6.33. The van der Waals surface area contributed by atoms with Gasteiger partial charge in [0.15, 0.2) is 0 Å². The molecule has 2 heterocycles. The van der Waals surface area contributed by atoms with Crippen LogP contribution in [0, 0.1) is 0 Å². The van der Waals surface area contributed by atoms with Crippen LogP contribution in [0.3, 0.4) is 0 Å². The van der Waals surface area contributed by atoms with Crippen molar-refractivity contribution in [3.63, 3.8) is 0 Å². The van der Waals surface area contributed by atoms with E-state index in [1.165, 1.54) is 0 Å². The molecule has 0 spiro atoms. The lowest BCUT2D eigenvalue weighted by atomic mass is 10.2. The van der Waals surface area contributed by atoms with Gasteiger partial charge in [0.25, 0.3) is 5.56 Å². The fraction of sp³-hybridized carbons (Fsp3) is 0.556. The average molecular weight is 229 g/mol. The van der Waals surface area contributed by atoms with Crippen LogP contribution >= 0.6 is 11.6 Å². The van der Waals surface area contributed by atoms with E-state index in [0.29, 0.717) is 12.2 Å². The van der Waals surface area contributed by atoms with E-state index in [-0.39, 0.29) is 16.6 Å². The molecule has 1 atom stereocenters. The number of hydrogen-bond donors (Lipinski definition) is 2. The van der Waals surface area contributed by atoms with Gasteiger partial charge in [-0.2, -0.15) is 5.10 Å². The molecule has 1 fully saturated rings. The van der Waals surface area contributed by atoms with Crippen LogP contribution < -0.4 is 16.2 Å². The van der Waals surface area contributed by atoms with Gasteiger partial charge < -0.3 is 10.6 Å². The molecule has 0 aromatic carbocycles. The minimum Gasteiger partial charge on any atom is -0.365 e. The Hall–Kier alpha value is -1.07. The molecule has 0 saturated carbocycles. The molecular weight excluding hydrogens is 216 g/mol. The van der Waals surface area contributed by atoms with Crippen LogP contribution in [0.4, 0.5) is 5.69 Å². The minimum absolute atomic E-state index is 0.199. The standard InChI is InChI=1S/C9H13ClN4O/c10-8-7(5-12-13-9(8)15)14-3-1-2-6(14)4-11/h5-6H,1-4,11H2,(H,13,15). The molecule has 1 aliphatic rings. The maximum Gasteiger partial charge on any atom is 0.285 e. The first-order valence-corrected chi connectivity index (χ1v) is 5.31. The number of aromatic nitrogens is 2. The number of nitrogens with zero attached hydrogens (tertiary/aromatic N) is 2. The van der Waals surface area contributed by atoms with Crippen molar-refractivity contribution in [1.29, 1.82) is 0 Å². The van der Waals surface area contributed by atoms with Crippen LogP contribution in [0.5, 0.6) is 0 Å². The van der Waals surface area contributed by atoms with Crippen LogP contribution in [-0.2, 0) is 0 Å². The van der Waals surface area contributed by atoms with Crippen LogP contribution in [0.15, 0.2) is 11.0 Å². The Morgan fingerprint density at radius 1 is 1.73 bits per heavy atom. The molecule has 0 bridgehead atoms. The lowest BCUT2D eigenvalue weighted by Crippen LogP contribution is -2.36. The molecule has 15 heavy (non-hydrogen) atoms. The second-order valence-corrected chi connectivity index (χ2v) is 4.00. The molecule has 5 nitrogen and oxygen atoms in total. The van der Waals surface area contributed by atoms with Gasteiger partial charge in [-0.3, -0.25) is 4.79 Å².